The van der Waals surface area contributed by atoms with Gasteiger partial charge in [-0.05, 0) is 48.9 Å². The molecule has 0 atom stereocenters. The van der Waals surface area contributed by atoms with Crippen LogP contribution in [0.25, 0.3) is 0 Å². The molecule has 6 nitrogen and oxygen atoms in total. The third-order valence-electron chi connectivity index (χ3n) is 4.28. The summed E-state index contributed by atoms with van der Waals surface area (Å²) in [6.07, 6.45) is 0. The van der Waals surface area contributed by atoms with Crippen molar-refractivity contribution in [1.29, 1.82) is 0 Å². The number of hydrogen-bond donors (Lipinski definition) is 2. The largest absolute Gasteiger partial charge is 0.492 e. The van der Waals surface area contributed by atoms with Crippen LogP contribution in [0, 0.1) is 12.7 Å². The van der Waals surface area contributed by atoms with Gasteiger partial charge in [-0.2, -0.15) is 0 Å². The van der Waals surface area contributed by atoms with E-state index in [4.69, 9.17) is 4.74 Å². The van der Waals surface area contributed by atoms with E-state index in [1.807, 2.05) is 30.3 Å². The van der Waals surface area contributed by atoms with Gasteiger partial charge in [-0.1, -0.05) is 36.4 Å². The third-order valence-corrected chi connectivity index (χ3v) is 5.64. The normalized spacial score (nSPS) is 11.0. The maximum absolute atomic E-state index is 13.8. The molecule has 0 bridgehead atoms. The Labute approximate surface area is 174 Å². The molecule has 1 amide bonds. The number of carbonyl (C=O) groups excluding carboxylic acids is 1. The number of aryl methyl sites for hydroxylation is 1. The summed E-state index contributed by atoms with van der Waals surface area (Å²) in [6, 6.07) is 18.8. The first-order chi connectivity index (χ1) is 14.4. The number of ether oxygens (including phenoxy) is 1. The molecule has 3 rings (SSSR count). The number of anilines is 1. The minimum absolute atomic E-state index is 0.137. The number of sulfonamides is 1. The highest BCUT2D eigenvalue weighted by molar-refractivity contribution is 7.92. The van der Waals surface area contributed by atoms with Gasteiger partial charge in [0.1, 0.15) is 18.2 Å². The van der Waals surface area contributed by atoms with Gasteiger partial charge in [0.25, 0.3) is 15.9 Å². The summed E-state index contributed by atoms with van der Waals surface area (Å²) in [4.78, 5) is 12.4. The molecule has 0 aliphatic rings. The molecule has 0 aromatic heterocycles. The minimum atomic E-state index is -4.06. The minimum Gasteiger partial charge on any atom is -0.492 e. The molecule has 0 spiro atoms. The first kappa shape index (κ1) is 21.3. The van der Waals surface area contributed by atoms with Crippen molar-refractivity contribution in [2.45, 2.75) is 11.8 Å². The van der Waals surface area contributed by atoms with Crippen molar-refractivity contribution in [1.82, 2.24) is 5.32 Å². The summed E-state index contributed by atoms with van der Waals surface area (Å²) in [7, 11) is -4.06. The van der Waals surface area contributed by atoms with Crippen LogP contribution in [0.15, 0.2) is 77.7 Å². The Kier molecular flexibility index (Phi) is 6.68. The maximum Gasteiger partial charge on any atom is 0.262 e. The molecule has 8 heteroatoms. The van der Waals surface area contributed by atoms with Crippen LogP contribution >= 0.6 is 0 Å². The van der Waals surface area contributed by atoms with Gasteiger partial charge in [0.15, 0.2) is 0 Å². The van der Waals surface area contributed by atoms with E-state index in [1.165, 1.54) is 36.4 Å². The Morgan fingerprint density at radius 3 is 2.43 bits per heavy atom. The van der Waals surface area contributed by atoms with Gasteiger partial charge in [-0.15, -0.1) is 0 Å². The van der Waals surface area contributed by atoms with Crippen molar-refractivity contribution >= 4 is 21.6 Å². The fourth-order valence-corrected chi connectivity index (χ4v) is 3.80. The molecule has 0 fully saturated rings. The van der Waals surface area contributed by atoms with Gasteiger partial charge in [0.05, 0.1) is 17.1 Å². The Hall–Kier alpha value is -3.39. The Morgan fingerprint density at radius 1 is 1.00 bits per heavy atom. The van der Waals surface area contributed by atoms with E-state index >= 15 is 0 Å². The second kappa shape index (κ2) is 9.41. The molecule has 0 heterocycles. The highest BCUT2D eigenvalue weighted by Gasteiger charge is 2.19. The smallest absolute Gasteiger partial charge is 0.262 e. The molecule has 0 radical (unpaired) electrons. The van der Waals surface area contributed by atoms with E-state index in [0.29, 0.717) is 11.3 Å². The summed E-state index contributed by atoms with van der Waals surface area (Å²) in [5, 5.41) is 2.71. The van der Waals surface area contributed by atoms with Crippen molar-refractivity contribution < 1.29 is 22.3 Å². The van der Waals surface area contributed by atoms with Gasteiger partial charge in [-0.3, -0.25) is 9.52 Å². The van der Waals surface area contributed by atoms with Gasteiger partial charge in [0, 0.05) is 5.56 Å². The zero-order valence-corrected chi connectivity index (χ0v) is 17.1. The van der Waals surface area contributed by atoms with Crippen molar-refractivity contribution in [3.63, 3.8) is 0 Å². The number of nitrogens with one attached hydrogen (secondary N) is 2. The monoisotopic (exact) mass is 428 g/mol. The van der Waals surface area contributed by atoms with Crippen LogP contribution in [0.4, 0.5) is 10.1 Å². The molecular weight excluding hydrogens is 407 g/mol. The molecule has 0 unspecified atom stereocenters. The van der Waals surface area contributed by atoms with Crippen LogP contribution < -0.4 is 14.8 Å². The van der Waals surface area contributed by atoms with Crippen LogP contribution in [-0.2, 0) is 10.0 Å². The van der Waals surface area contributed by atoms with Crippen molar-refractivity contribution in [2.75, 3.05) is 17.9 Å². The topological polar surface area (TPSA) is 84.5 Å². The number of halogens is 1. The lowest BCUT2D eigenvalue weighted by Crippen LogP contribution is -2.29. The van der Waals surface area contributed by atoms with Gasteiger partial charge >= 0.3 is 0 Å². The van der Waals surface area contributed by atoms with Crippen LogP contribution in [0.2, 0.25) is 0 Å². The van der Waals surface area contributed by atoms with Crippen molar-refractivity contribution in [2.24, 2.45) is 0 Å². The lowest BCUT2D eigenvalue weighted by atomic mass is 10.1. The summed E-state index contributed by atoms with van der Waals surface area (Å²) in [5.74, 6) is -0.424. The van der Waals surface area contributed by atoms with Crippen LogP contribution in [0.1, 0.15) is 15.9 Å². The van der Waals surface area contributed by atoms with Gasteiger partial charge < -0.3 is 10.1 Å². The third kappa shape index (κ3) is 5.36. The molecule has 0 aliphatic carbocycles. The average Bonchev–Trinajstić information content (AvgIpc) is 2.73. The van der Waals surface area contributed by atoms with E-state index in [2.05, 4.69) is 10.0 Å². The number of benzene rings is 3. The summed E-state index contributed by atoms with van der Waals surface area (Å²) in [6.45, 7) is 2.22. The quantitative estimate of drug-likeness (QED) is 0.536. The Morgan fingerprint density at radius 2 is 1.70 bits per heavy atom. The fraction of sp³-hybridized carbons (Fsp3) is 0.136. The molecule has 3 aromatic rings. The molecule has 0 saturated heterocycles. The summed E-state index contributed by atoms with van der Waals surface area (Å²) < 4.78 is 46.8. The maximum atomic E-state index is 13.8. The number of amides is 1. The van der Waals surface area contributed by atoms with Gasteiger partial charge in [-0.25, -0.2) is 12.8 Å². The number of rotatable bonds is 8. The standard InChI is InChI=1S/C22H21FN2O4S/c1-16-11-12-18(30(27,28)25-21-10-6-5-9-20(21)23)15-19(16)22(26)24-13-14-29-17-7-3-2-4-8-17/h2-12,15,25H,13-14H2,1H3,(H,24,26). The highest BCUT2D eigenvalue weighted by Crippen LogP contribution is 2.21. The number of hydrogen-bond acceptors (Lipinski definition) is 4. The highest BCUT2D eigenvalue weighted by atomic mass is 32.2. The van der Waals surface area contributed by atoms with E-state index < -0.39 is 21.7 Å². The molecule has 0 saturated carbocycles. The van der Waals surface area contributed by atoms with Crippen LogP contribution in [-0.4, -0.2) is 27.5 Å². The van der Waals surface area contributed by atoms with E-state index in [9.17, 15) is 17.6 Å². The predicted molar refractivity (Wildman–Crippen MR) is 113 cm³/mol. The van der Waals surface area contributed by atoms with Crippen LogP contribution in [0.3, 0.4) is 0 Å². The average molecular weight is 428 g/mol. The van der Waals surface area contributed by atoms with E-state index in [1.54, 1.807) is 6.92 Å². The van der Waals surface area contributed by atoms with Crippen LogP contribution in [0.5, 0.6) is 5.75 Å². The molecule has 2 N–H and O–H groups in total. The lowest BCUT2D eigenvalue weighted by molar-refractivity contribution is 0.0946. The van der Waals surface area contributed by atoms with Crippen molar-refractivity contribution in [3.8, 4) is 5.75 Å². The number of carbonyl (C=O) groups is 1. The number of para-hydroxylation sites is 2. The SMILES string of the molecule is Cc1ccc(S(=O)(=O)Nc2ccccc2F)cc1C(=O)NCCOc1ccccc1. The van der Waals surface area contributed by atoms with Gasteiger partial charge in [0.2, 0.25) is 0 Å². The zero-order chi connectivity index (χ0) is 21.6. The first-order valence-corrected chi connectivity index (χ1v) is 10.7. The molecule has 3 aromatic carbocycles. The lowest BCUT2D eigenvalue weighted by Gasteiger charge is -2.12. The summed E-state index contributed by atoms with van der Waals surface area (Å²) >= 11 is 0. The Balaban J connectivity index is 1.68. The first-order valence-electron chi connectivity index (χ1n) is 9.21. The molecule has 0 aliphatic heterocycles. The van der Waals surface area contributed by atoms with Crippen molar-refractivity contribution in [3.05, 3.63) is 89.7 Å². The second-order valence-electron chi connectivity index (χ2n) is 6.48. The fourth-order valence-electron chi connectivity index (χ4n) is 2.71. The predicted octanol–water partition coefficient (Wildman–Crippen LogP) is 3.74. The van der Waals surface area contributed by atoms with E-state index in [-0.39, 0.29) is 29.3 Å². The molecular formula is C22H21FN2O4S. The molecule has 156 valence electrons. The summed E-state index contributed by atoms with van der Waals surface area (Å²) in [5.41, 5.74) is 0.662. The Bertz CT molecular complexity index is 1130. The molecule has 30 heavy (non-hydrogen) atoms. The second-order valence-corrected chi connectivity index (χ2v) is 8.16. The zero-order valence-electron chi connectivity index (χ0n) is 16.3. The van der Waals surface area contributed by atoms with E-state index in [0.717, 1.165) is 6.07 Å².